The summed E-state index contributed by atoms with van der Waals surface area (Å²) >= 11 is 0. The molecule has 0 bridgehead atoms. The lowest BCUT2D eigenvalue weighted by Crippen LogP contribution is -2.36. The van der Waals surface area contributed by atoms with Gasteiger partial charge in [0.1, 0.15) is 0 Å². The van der Waals surface area contributed by atoms with E-state index in [1.165, 1.54) is 5.56 Å². The SMILES string of the molecule is CCc1ccc(C(=O)CN(C)C2CCS(=O)(=O)C2)cc1. The fourth-order valence-corrected chi connectivity index (χ4v) is 4.30. The molecule has 20 heavy (non-hydrogen) atoms. The molecule has 2 rings (SSSR count). The van der Waals surface area contributed by atoms with Crippen LogP contribution in [-0.2, 0) is 16.3 Å². The zero-order valence-corrected chi connectivity index (χ0v) is 12.8. The van der Waals surface area contributed by atoms with Crippen molar-refractivity contribution in [3.05, 3.63) is 35.4 Å². The van der Waals surface area contributed by atoms with Gasteiger partial charge in [-0.1, -0.05) is 31.2 Å². The van der Waals surface area contributed by atoms with Gasteiger partial charge < -0.3 is 0 Å². The molecule has 0 radical (unpaired) electrons. The Morgan fingerprint density at radius 2 is 1.95 bits per heavy atom. The van der Waals surface area contributed by atoms with E-state index >= 15 is 0 Å². The van der Waals surface area contributed by atoms with Crippen molar-refractivity contribution in [1.82, 2.24) is 4.90 Å². The quantitative estimate of drug-likeness (QED) is 0.773. The number of nitrogens with zero attached hydrogens (tertiary/aromatic N) is 1. The molecule has 1 aromatic rings. The lowest BCUT2D eigenvalue weighted by Gasteiger charge is -2.22. The van der Waals surface area contributed by atoms with Crippen LogP contribution < -0.4 is 0 Å². The van der Waals surface area contributed by atoms with Crippen LogP contribution in [0.15, 0.2) is 24.3 Å². The molecule has 1 aliphatic rings. The normalized spacial score (nSPS) is 21.2. The van der Waals surface area contributed by atoms with Crippen molar-refractivity contribution in [3.63, 3.8) is 0 Å². The minimum absolute atomic E-state index is 0.0288. The molecule has 1 atom stereocenters. The largest absolute Gasteiger partial charge is 0.295 e. The van der Waals surface area contributed by atoms with Crippen LogP contribution in [0.1, 0.15) is 29.3 Å². The molecule has 1 aromatic carbocycles. The molecule has 1 unspecified atom stereocenters. The number of rotatable bonds is 5. The summed E-state index contributed by atoms with van der Waals surface area (Å²) in [5.74, 6) is 0.451. The van der Waals surface area contributed by atoms with Crippen LogP contribution >= 0.6 is 0 Å². The highest BCUT2D eigenvalue weighted by Crippen LogP contribution is 2.17. The number of Topliss-reactive ketones (excluding diaryl/α,β-unsaturated/α-hetero) is 1. The van der Waals surface area contributed by atoms with E-state index in [0.717, 1.165) is 6.42 Å². The monoisotopic (exact) mass is 295 g/mol. The molecule has 0 saturated carbocycles. The number of hydrogen-bond acceptors (Lipinski definition) is 4. The van der Waals surface area contributed by atoms with Gasteiger partial charge in [-0.3, -0.25) is 9.69 Å². The van der Waals surface area contributed by atoms with E-state index in [0.29, 0.717) is 12.0 Å². The lowest BCUT2D eigenvalue weighted by atomic mass is 10.1. The fraction of sp³-hybridized carbons (Fsp3) is 0.533. The highest BCUT2D eigenvalue weighted by Gasteiger charge is 2.31. The van der Waals surface area contributed by atoms with Crippen LogP contribution in [0.3, 0.4) is 0 Å². The summed E-state index contributed by atoms with van der Waals surface area (Å²) in [6, 6.07) is 7.60. The van der Waals surface area contributed by atoms with Gasteiger partial charge in [-0.15, -0.1) is 0 Å². The van der Waals surface area contributed by atoms with Crippen LogP contribution in [0.25, 0.3) is 0 Å². The van der Waals surface area contributed by atoms with Crippen LogP contribution in [0.2, 0.25) is 0 Å². The molecule has 5 heteroatoms. The third-order valence-corrected chi connectivity index (χ3v) is 5.66. The second-order valence-electron chi connectivity index (χ2n) is 5.45. The first-order valence-corrected chi connectivity index (χ1v) is 8.76. The summed E-state index contributed by atoms with van der Waals surface area (Å²) in [6.45, 7) is 2.34. The minimum atomic E-state index is -2.90. The standard InChI is InChI=1S/C15H21NO3S/c1-3-12-4-6-13(7-5-12)15(17)10-16(2)14-8-9-20(18,19)11-14/h4-7,14H,3,8-11H2,1-2H3. The average molecular weight is 295 g/mol. The number of sulfone groups is 1. The molecule has 1 heterocycles. The molecule has 1 aliphatic heterocycles. The van der Waals surface area contributed by atoms with Gasteiger partial charge in [0.2, 0.25) is 0 Å². The third-order valence-electron chi connectivity index (χ3n) is 3.91. The Bertz CT molecular complexity index is 578. The number of carbonyl (C=O) groups excluding carboxylic acids is 1. The summed E-state index contributed by atoms with van der Waals surface area (Å²) in [6.07, 6.45) is 1.58. The van der Waals surface area contributed by atoms with E-state index in [1.807, 2.05) is 36.2 Å². The maximum Gasteiger partial charge on any atom is 0.176 e. The molecule has 0 aromatic heterocycles. The van der Waals surface area contributed by atoms with Gasteiger partial charge in [0, 0.05) is 11.6 Å². The summed E-state index contributed by atoms with van der Waals surface area (Å²) in [4.78, 5) is 14.0. The second kappa shape index (κ2) is 6.06. The van der Waals surface area contributed by atoms with Crippen molar-refractivity contribution in [2.45, 2.75) is 25.8 Å². The van der Waals surface area contributed by atoms with E-state index in [2.05, 4.69) is 6.92 Å². The fourth-order valence-electron chi connectivity index (χ4n) is 2.50. The molecular formula is C15H21NO3S. The van der Waals surface area contributed by atoms with Crippen molar-refractivity contribution >= 4 is 15.6 Å². The maximum absolute atomic E-state index is 12.2. The van der Waals surface area contributed by atoms with Gasteiger partial charge in [0.05, 0.1) is 18.1 Å². The van der Waals surface area contributed by atoms with Crippen LogP contribution in [0, 0.1) is 0 Å². The summed E-state index contributed by atoms with van der Waals surface area (Å²) < 4.78 is 22.9. The molecule has 110 valence electrons. The second-order valence-corrected chi connectivity index (χ2v) is 7.67. The Kier molecular flexibility index (Phi) is 4.60. The van der Waals surface area contributed by atoms with Crippen LogP contribution in [-0.4, -0.2) is 50.2 Å². The molecule has 0 amide bonds. The predicted octanol–water partition coefficient (Wildman–Crippen LogP) is 1.55. The zero-order valence-electron chi connectivity index (χ0n) is 12.0. The minimum Gasteiger partial charge on any atom is -0.295 e. The maximum atomic E-state index is 12.2. The van der Waals surface area contributed by atoms with Crippen molar-refractivity contribution in [2.24, 2.45) is 0 Å². The molecule has 0 spiro atoms. The van der Waals surface area contributed by atoms with Crippen molar-refractivity contribution in [1.29, 1.82) is 0 Å². The van der Waals surface area contributed by atoms with Crippen LogP contribution in [0.5, 0.6) is 0 Å². The number of ketones is 1. The summed E-state index contributed by atoms with van der Waals surface area (Å²) in [7, 11) is -1.08. The Hall–Kier alpha value is -1.20. The van der Waals surface area contributed by atoms with Gasteiger partial charge in [-0.25, -0.2) is 8.42 Å². The van der Waals surface area contributed by atoms with E-state index in [4.69, 9.17) is 0 Å². The van der Waals surface area contributed by atoms with E-state index < -0.39 is 9.84 Å². The highest BCUT2D eigenvalue weighted by atomic mass is 32.2. The molecular weight excluding hydrogens is 274 g/mol. The Morgan fingerprint density at radius 3 is 2.45 bits per heavy atom. The first-order valence-electron chi connectivity index (χ1n) is 6.94. The lowest BCUT2D eigenvalue weighted by molar-refractivity contribution is 0.0926. The van der Waals surface area contributed by atoms with E-state index in [9.17, 15) is 13.2 Å². The van der Waals surface area contributed by atoms with Gasteiger partial charge >= 0.3 is 0 Å². The highest BCUT2D eigenvalue weighted by molar-refractivity contribution is 7.91. The van der Waals surface area contributed by atoms with Crippen molar-refractivity contribution in [2.75, 3.05) is 25.1 Å². The Labute approximate surface area is 120 Å². The van der Waals surface area contributed by atoms with Gasteiger partial charge in [0.15, 0.2) is 15.6 Å². The molecule has 0 N–H and O–H groups in total. The van der Waals surface area contributed by atoms with Crippen molar-refractivity contribution < 1.29 is 13.2 Å². The smallest absolute Gasteiger partial charge is 0.176 e. The first kappa shape index (κ1) is 15.2. The predicted molar refractivity (Wildman–Crippen MR) is 79.8 cm³/mol. The number of likely N-dealkylation sites (N-methyl/N-ethyl adjacent to an activating group) is 1. The third kappa shape index (κ3) is 3.67. The topological polar surface area (TPSA) is 54.5 Å². The number of hydrogen-bond donors (Lipinski definition) is 0. The van der Waals surface area contributed by atoms with Crippen molar-refractivity contribution in [3.8, 4) is 0 Å². The zero-order chi connectivity index (χ0) is 14.8. The van der Waals surface area contributed by atoms with Gasteiger partial charge in [0.25, 0.3) is 0 Å². The Morgan fingerprint density at radius 1 is 1.30 bits per heavy atom. The number of carbonyl (C=O) groups is 1. The number of aryl methyl sites for hydroxylation is 1. The first-order chi connectivity index (χ1) is 9.41. The van der Waals surface area contributed by atoms with Gasteiger partial charge in [-0.2, -0.15) is 0 Å². The van der Waals surface area contributed by atoms with Gasteiger partial charge in [-0.05, 0) is 25.5 Å². The summed E-state index contributed by atoms with van der Waals surface area (Å²) in [5.41, 5.74) is 1.90. The molecule has 4 nitrogen and oxygen atoms in total. The molecule has 1 saturated heterocycles. The van der Waals surface area contributed by atoms with E-state index in [1.54, 1.807) is 0 Å². The molecule has 1 fully saturated rings. The Balaban J connectivity index is 1.97. The molecule has 0 aliphatic carbocycles. The average Bonchev–Trinajstić information content (AvgIpc) is 2.79. The number of benzene rings is 1. The van der Waals surface area contributed by atoms with E-state index in [-0.39, 0.29) is 29.9 Å². The summed E-state index contributed by atoms with van der Waals surface area (Å²) in [5, 5.41) is 0. The van der Waals surface area contributed by atoms with Crippen LogP contribution in [0.4, 0.5) is 0 Å².